The second kappa shape index (κ2) is 12.6. The van der Waals surface area contributed by atoms with Crippen molar-refractivity contribution >= 4 is 34.0 Å². The van der Waals surface area contributed by atoms with E-state index in [-0.39, 0.29) is 12.0 Å². The molecule has 0 fully saturated rings. The van der Waals surface area contributed by atoms with Crippen LogP contribution < -0.4 is 25.0 Å². The summed E-state index contributed by atoms with van der Waals surface area (Å²) in [7, 11) is 3.26. The second-order valence-corrected chi connectivity index (χ2v) is 11.0. The third-order valence-corrected chi connectivity index (χ3v) is 8.59. The number of carbonyl (C=O) groups excluding carboxylic acids is 1. The van der Waals surface area contributed by atoms with E-state index in [0.29, 0.717) is 30.0 Å². The van der Waals surface area contributed by atoms with Gasteiger partial charge in [-0.2, -0.15) is 10.5 Å². The van der Waals surface area contributed by atoms with Crippen LogP contribution in [0.1, 0.15) is 42.5 Å². The van der Waals surface area contributed by atoms with Gasteiger partial charge in [0, 0.05) is 53.2 Å². The molecular formula is C37H34N6O3. The van der Waals surface area contributed by atoms with E-state index >= 15 is 0 Å². The van der Waals surface area contributed by atoms with Gasteiger partial charge in [0.15, 0.2) is 0 Å². The topological polar surface area (TPSA) is 115 Å². The number of methoxy groups -OCH3 is 2. The first-order valence-corrected chi connectivity index (χ1v) is 15.2. The number of benzene rings is 4. The lowest BCUT2D eigenvalue weighted by atomic mass is 9.91. The van der Waals surface area contributed by atoms with E-state index in [1.54, 1.807) is 14.2 Å². The van der Waals surface area contributed by atoms with Crippen LogP contribution in [-0.2, 0) is 6.54 Å². The molecule has 1 aliphatic heterocycles. The maximum Gasteiger partial charge on any atom is 0.323 e. The lowest BCUT2D eigenvalue weighted by Gasteiger charge is -2.28. The first-order valence-electron chi connectivity index (χ1n) is 15.2. The van der Waals surface area contributed by atoms with E-state index in [9.17, 15) is 15.3 Å². The van der Waals surface area contributed by atoms with Crippen LogP contribution in [0.3, 0.4) is 0 Å². The number of hydrogen-bond acceptors (Lipinski definition) is 6. The average Bonchev–Trinajstić information content (AvgIpc) is 3.59. The van der Waals surface area contributed by atoms with Crippen molar-refractivity contribution in [3.05, 3.63) is 102 Å². The summed E-state index contributed by atoms with van der Waals surface area (Å²) in [6.07, 6.45) is 0. The van der Waals surface area contributed by atoms with Crippen molar-refractivity contribution in [2.75, 3.05) is 36.3 Å². The molecular weight excluding hydrogens is 576 g/mol. The monoisotopic (exact) mass is 610 g/mol. The Morgan fingerprint density at radius 2 is 1.54 bits per heavy atom. The SMILES string of the molecule is CCN1c2cc(OC)ccc2C(C#N)C1c1cccc(NC(=O)Nc2cccc(-c3c(C#N)c4ccc(OC)cc4n3CC)c2)c1. The highest BCUT2D eigenvalue weighted by Crippen LogP contribution is 2.50. The van der Waals surface area contributed by atoms with Gasteiger partial charge in [-0.15, -0.1) is 0 Å². The van der Waals surface area contributed by atoms with E-state index in [4.69, 9.17) is 9.47 Å². The van der Waals surface area contributed by atoms with Gasteiger partial charge in [0.1, 0.15) is 17.6 Å². The zero-order valence-corrected chi connectivity index (χ0v) is 26.2. The summed E-state index contributed by atoms with van der Waals surface area (Å²) in [5, 5.41) is 27.1. The van der Waals surface area contributed by atoms with Crippen LogP contribution >= 0.6 is 0 Å². The summed E-state index contributed by atoms with van der Waals surface area (Å²) in [5.41, 5.74) is 7.15. The van der Waals surface area contributed by atoms with Gasteiger partial charge in [-0.3, -0.25) is 0 Å². The van der Waals surface area contributed by atoms with E-state index in [1.165, 1.54) is 0 Å². The highest BCUT2D eigenvalue weighted by molar-refractivity contribution is 6.01. The van der Waals surface area contributed by atoms with Gasteiger partial charge in [0.2, 0.25) is 0 Å². The summed E-state index contributed by atoms with van der Waals surface area (Å²) in [6, 6.07) is 30.9. The molecule has 1 aromatic heterocycles. The van der Waals surface area contributed by atoms with Gasteiger partial charge < -0.3 is 29.6 Å². The van der Waals surface area contributed by atoms with Crippen LogP contribution in [0.2, 0.25) is 0 Å². The molecule has 1 aliphatic rings. The minimum absolute atomic E-state index is 0.210. The average molecular weight is 611 g/mol. The molecule has 0 radical (unpaired) electrons. The maximum atomic E-state index is 13.2. The summed E-state index contributed by atoms with van der Waals surface area (Å²) >= 11 is 0. The number of rotatable bonds is 8. The number of hydrogen-bond donors (Lipinski definition) is 2. The standard InChI is InChI=1S/C37H34N6O3/c1-5-42-33-19-27(45-3)13-15-29(33)31(21-38)35(42)23-9-7-11-25(17-23)40-37(44)41-26-12-8-10-24(18-26)36-32(22-39)30-16-14-28(46-4)20-34(30)43(36)6-2/h7-20,31,35H,5-6H2,1-4H3,(H2,40,41,44). The Morgan fingerprint density at radius 1 is 0.848 bits per heavy atom. The molecule has 230 valence electrons. The predicted octanol–water partition coefficient (Wildman–Crippen LogP) is 8.05. The van der Waals surface area contributed by atoms with E-state index in [0.717, 1.165) is 50.5 Å². The number of nitriles is 2. The Morgan fingerprint density at radius 3 is 2.22 bits per heavy atom. The molecule has 9 nitrogen and oxygen atoms in total. The molecule has 9 heteroatoms. The van der Waals surface area contributed by atoms with Gasteiger partial charge in [-0.05, 0) is 67.4 Å². The molecule has 0 bridgehead atoms. The number of nitrogens with zero attached hydrogens (tertiary/aromatic N) is 4. The first-order chi connectivity index (χ1) is 22.4. The molecule has 2 N–H and O–H groups in total. The summed E-state index contributed by atoms with van der Waals surface area (Å²) in [4.78, 5) is 15.4. The Hall–Kier alpha value is -5.93. The molecule has 0 aliphatic carbocycles. The number of fused-ring (bicyclic) bond motifs is 2. The van der Waals surface area contributed by atoms with Gasteiger partial charge in [-0.1, -0.05) is 30.3 Å². The van der Waals surface area contributed by atoms with Crippen molar-refractivity contribution in [1.82, 2.24) is 4.57 Å². The molecule has 0 spiro atoms. The number of carbonyl (C=O) groups is 1. The molecule has 2 unspecified atom stereocenters. The number of nitrogens with one attached hydrogen (secondary N) is 2. The molecule has 46 heavy (non-hydrogen) atoms. The second-order valence-electron chi connectivity index (χ2n) is 11.0. The van der Waals surface area contributed by atoms with Gasteiger partial charge >= 0.3 is 6.03 Å². The van der Waals surface area contributed by atoms with E-state index in [2.05, 4.69) is 39.2 Å². The number of likely N-dealkylation sites (N-methyl/N-ethyl adjacent to an activating group) is 1. The highest BCUT2D eigenvalue weighted by atomic mass is 16.5. The van der Waals surface area contributed by atoms with Crippen LogP contribution in [0.4, 0.5) is 21.9 Å². The number of urea groups is 1. The van der Waals surface area contributed by atoms with Crippen LogP contribution in [0.15, 0.2) is 84.9 Å². The van der Waals surface area contributed by atoms with Crippen LogP contribution in [0, 0.1) is 22.7 Å². The largest absolute Gasteiger partial charge is 0.497 e. The zero-order chi connectivity index (χ0) is 32.4. The molecule has 6 rings (SSSR count). The van der Waals surface area contributed by atoms with Gasteiger partial charge in [-0.25, -0.2) is 4.79 Å². The Labute approximate surface area is 268 Å². The van der Waals surface area contributed by atoms with Crippen molar-refractivity contribution in [2.45, 2.75) is 32.4 Å². The predicted molar refractivity (Wildman–Crippen MR) is 181 cm³/mol. The quantitative estimate of drug-likeness (QED) is 0.184. The number of anilines is 3. The lowest BCUT2D eigenvalue weighted by Crippen LogP contribution is -2.26. The Kier molecular flexibility index (Phi) is 8.24. The van der Waals surface area contributed by atoms with Crippen molar-refractivity contribution in [1.29, 1.82) is 10.5 Å². The highest BCUT2D eigenvalue weighted by Gasteiger charge is 2.39. The molecule has 5 aromatic rings. The van der Waals surface area contributed by atoms with E-state index < -0.39 is 6.03 Å². The third kappa shape index (κ3) is 5.22. The van der Waals surface area contributed by atoms with E-state index in [1.807, 2.05) is 91.9 Å². The van der Waals surface area contributed by atoms with Gasteiger partial charge in [0.25, 0.3) is 0 Å². The number of amides is 2. The minimum atomic E-state index is -0.404. The van der Waals surface area contributed by atoms with Crippen molar-refractivity contribution in [3.63, 3.8) is 0 Å². The summed E-state index contributed by atoms with van der Waals surface area (Å²) in [6.45, 7) is 5.45. The number of ether oxygens (including phenoxy) is 2. The normalized spacial score (nSPS) is 15.1. The molecule has 4 aromatic carbocycles. The molecule has 2 heterocycles. The van der Waals surface area contributed by atoms with Crippen molar-refractivity contribution in [2.24, 2.45) is 0 Å². The number of aryl methyl sites for hydroxylation is 1. The first kappa shape index (κ1) is 30.1. The fourth-order valence-electron chi connectivity index (χ4n) is 6.58. The third-order valence-electron chi connectivity index (χ3n) is 8.59. The lowest BCUT2D eigenvalue weighted by molar-refractivity contribution is 0.262. The summed E-state index contributed by atoms with van der Waals surface area (Å²) < 4.78 is 13.0. The van der Waals surface area contributed by atoms with Crippen molar-refractivity contribution < 1.29 is 14.3 Å². The van der Waals surface area contributed by atoms with Crippen molar-refractivity contribution in [3.8, 4) is 34.9 Å². The molecule has 2 atom stereocenters. The van der Waals surface area contributed by atoms with Crippen LogP contribution in [-0.4, -0.2) is 31.4 Å². The molecule has 0 saturated carbocycles. The van der Waals surface area contributed by atoms with Crippen LogP contribution in [0.5, 0.6) is 11.5 Å². The molecule has 0 saturated heterocycles. The summed E-state index contributed by atoms with van der Waals surface area (Å²) in [5.74, 6) is 1.09. The smallest absolute Gasteiger partial charge is 0.323 e. The maximum absolute atomic E-state index is 13.2. The number of aromatic nitrogens is 1. The Balaban J connectivity index is 1.25. The molecule has 2 amide bonds. The minimum Gasteiger partial charge on any atom is -0.497 e. The Bertz CT molecular complexity index is 2040. The zero-order valence-electron chi connectivity index (χ0n) is 26.2. The van der Waals surface area contributed by atoms with Crippen LogP contribution in [0.25, 0.3) is 22.2 Å². The van der Waals surface area contributed by atoms with Gasteiger partial charge in [0.05, 0.1) is 49.0 Å². The fraction of sp³-hybridized carbons (Fsp3) is 0.216. The fourth-order valence-corrected chi connectivity index (χ4v) is 6.58.